The lowest BCUT2D eigenvalue weighted by Gasteiger charge is -2.10. The molecule has 0 radical (unpaired) electrons. The number of rotatable bonds is 10. The van der Waals surface area contributed by atoms with Gasteiger partial charge in [-0.1, -0.05) is 39.0 Å². The Morgan fingerprint density at radius 3 is 2.27 bits per heavy atom. The van der Waals surface area contributed by atoms with Gasteiger partial charge in [0, 0.05) is 0 Å². The van der Waals surface area contributed by atoms with E-state index in [0.29, 0.717) is 6.42 Å². The second-order valence-electron chi connectivity index (χ2n) is 4.07. The first-order valence-electron chi connectivity index (χ1n) is 6.01. The molecule has 0 saturated carbocycles. The lowest BCUT2D eigenvalue weighted by molar-refractivity contribution is -0.142. The molecule has 0 aromatic heterocycles. The number of carboxylic acids is 1. The van der Waals surface area contributed by atoms with Crippen molar-refractivity contribution >= 4 is 5.97 Å². The second kappa shape index (κ2) is 9.94. The average molecular weight is 218 g/mol. The van der Waals surface area contributed by atoms with Crippen molar-refractivity contribution in [1.29, 1.82) is 0 Å². The van der Waals surface area contributed by atoms with Gasteiger partial charge in [-0.2, -0.15) is 0 Å². The summed E-state index contributed by atoms with van der Waals surface area (Å²) in [7, 11) is 0. The van der Waals surface area contributed by atoms with Crippen LogP contribution in [0.1, 0.15) is 58.3 Å². The van der Waals surface area contributed by atoms with Crippen LogP contribution in [0.15, 0.2) is 0 Å². The molecule has 0 aromatic carbocycles. The smallest absolute Gasteiger partial charge is 0.306 e. The monoisotopic (exact) mass is 218 g/mol. The van der Waals surface area contributed by atoms with Crippen LogP contribution < -0.4 is 0 Å². The maximum Gasteiger partial charge on any atom is 0.306 e. The highest BCUT2D eigenvalue weighted by Gasteiger charge is 2.14. The molecule has 0 rings (SSSR count). The summed E-state index contributed by atoms with van der Waals surface area (Å²) in [6, 6.07) is 0. The minimum atomic E-state index is -0.666. The number of carbonyl (C=O) groups is 1. The summed E-state index contributed by atoms with van der Waals surface area (Å²) in [6.45, 7) is 1.78. The van der Waals surface area contributed by atoms with Gasteiger partial charge in [-0.25, -0.2) is 0 Å². The van der Waals surface area contributed by atoms with Crippen LogP contribution in [0.3, 0.4) is 0 Å². The van der Waals surface area contributed by atoms with Crippen LogP contribution in [0.2, 0.25) is 0 Å². The van der Waals surface area contributed by atoms with E-state index in [-0.39, 0.29) is 12.6 Å². The van der Waals surface area contributed by atoms with E-state index in [4.69, 9.17) is 5.11 Å². The largest absolute Gasteiger partial charge is 0.481 e. The minimum Gasteiger partial charge on any atom is -0.481 e. The number of alkyl halides is 1. The normalized spacial score (nSPS) is 12.7. The molecule has 0 amide bonds. The van der Waals surface area contributed by atoms with E-state index in [1.165, 1.54) is 0 Å². The Kier molecular flexibility index (Phi) is 9.54. The third-order valence-corrected chi connectivity index (χ3v) is 2.67. The third-order valence-electron chi connectivity index (χ3n) is 2.67. The Bertz CT molecular complexity index is 160. The Balaban J connectivity index is 3.41. The fraction of sp³-hybridized carbons (Fsp3) is 0.917. The maximum atomic E-state index is 11.8. The number of hydrogen-bond acceptors (Lipinski definition) is 1. The number of halogens is 1. The van der Waals surface area contributed by atoms with Gasteiger partial charge in [0.25, 0.3) is 0 Å². The lowest BCUT2D eigenvalue weighted by Crippen LogP contribution is -2.13. The zero-order chi connectivity index (χ0) is 11.5. The number of hydrogen-bond donors (Lipinski definition) is 1. The predicted molar refractivity (Wildman–Crippen MR) is 59.7 cm³/mol. The molecule has 15 heavy (non-hydrogen) atoms. The predicted octanol–water partition coefficient (Wildman–Crippen LogP) is 3.80. The van der Waals surface area contributed by atoms with Crippen LogP contribution in [0.5, 0.6) is 0 Å². The molecule has 2 nitrogen and oxygen atoms in total. The van der Waals surface area contributed by atoms with E-state index < -0.39 is 5.97 Å². The molecule has 0 aliphatic carbocycles. The Morgan fingerprint density at radius 1 is 1.13 bits per heavy atom. The molecule has 0 heterocycles. The highest BCUT2D eigenvalue weighted by molar-refractivity contribution is 5.69. The van der Waals surface area contributed by atoms with E-state index in [2.05, 4.69) is 0 Å². The standard InChI is InChI=1S/C12H23FO2/c1-2-8-11(12(14)15)9-6-4-3-5-7-10-13/h11H,2-10H2,1H3,(H,14,15). The van der Waals surface area contributed by atoms with E-state index in [0.717, 1.165) is 44.9 Å². The topological polar surface area (TPSA) is 37.3 Å². The van der Waals surface area contributed by atoms with Crippen molar-refractivity contribution in [2.24, 2.45) is 5.92 Å². The van der Waals surface area contributed by atoms with Crippen molar-refractivity contribution in [2.75, 3.05) is 6.67 Å². The van der Waals surface area contributed by atoms with Crippen molar-refractivity contribution in [3.8, 4) is 0 Å². The summed E-state index contributed by atoms with van der Waals surface area (Å²) in [6.07, 6.45) is 7.09. The van der Waals surface area contributed by atoms with E-state index in [1.807, 2.05) is 6.92 Å². The summed E-state index contributed by atoms with van der Waals surface area (Å²) in [5.41, 5.74) is 0. The van der Waals surface area contributed by atoms with Crippen LogP contribution in [0, 0.1) is 5.92 Å². The molecule has 90 valence electrons. The zero-order valence-electron chi connectivity index (χ0n) is 9.67. The fourth-order valence-corrected chi connectivity index (χ4v) is 1.76. The SMILES string of the molecule is CCCC(CCCCCCCF)C(=O)O. The molecule has 0 fully saturated rings. The van der Waals surface area contributed by atoms with E-state index >= 15 is 0 Å². The second-order valence-corrected chi connectivity index (χ2v) is 4.07. The first-order valence-corrected chi connectivity index (χ1v) is 6.01. The van der Waals surface area contributed by atoms with Crippen molar-refractivity contribution in [1.82, 2.24) is 0 Å². The fourth-order valence-electron chi connectivity index (χ4n) is 1.76. The van der Waals surface area contributed by atoms with Gasteiger partial charge in [0.2, 0.25) is 0 Å². The van der Waals surface area contributed by atoms with Gasteiger partial charge in [-0.05, 0) is 19.3 Å². The molecule has 1 N–H and O–H groups in total. The average Bonchev–Trinajstić information content (AvgIpc) is 2.21. The van der Waals surface area contributed by atoms with Gasteiger partial charge in [0.05, 0.1) is 12.6 Å². The minimum absolute atomic E-state index is 0.170. The van der Waals surface area contributed by atoms with Crippen LogP contribution in [-0.4, -0.2) is 17.8 Å². The molecule has 0 bridgehead atoms. The summed E-state index contributed by atoms with van der Waals surface area (Å²) in [5.74, 6) is -0.836. The highest BCUT2D eigenvalue weighted by atomic mass is 19.1. The Morgan fingerprint density at radius 2 is 1.73 bits per heavy atom. The summed E-state index contributed by atoms with van der Waals surface area (Å²) in [5, 5.41) is 8.90. The van der Waals surface area contributed by atoms with E-state index in [1.54, 1.807) is 0 Å². The van der Waals surface area contributed by atoms with Crippen LogP contribution in [0.25, 0.3) is 0 Å². The van der Waals surface area contributed by atoms with Gasteiger partial charge >= 0.3 is 5.97 Å². The van der Waals surface area contributed by atoms with Crippen molar-refractivity contribution in [2.45, 2.75) is 58.3 Å². The van der Waals surface area contributed by atoms with Crippen molar-refractivity contribution in [3.05, 3.63) is 0 Å². The summed E-state index contributed by atoms with van der Waals surface area (Å²) >= 11 is 0. The molecular weight excluding hydrogens is 195 g/mol. The van der Waals surface area contributed by atoms with Gasteiger partial charge < -0.3 is 5.11 Å². The zero-order valence-corrected chi connectivity index (χ0v) is 9.67. The summed E-state index contributed by atoms with van der Waals surface area (Å²) < 4.78 is 11.8. The van der Waals surface area contributed by atoms with Crippen LogP contribution in [-0.2, 0) is 4.79 Å². The molecular formula is C12H23FO2. The molecule has 3 heteroatoms. The first-order chi connectivity index (χ1) is 7.22. The van der Waals surface area contributed by atoms with Gasteiger partial charge in [-0.3, -0.25) is 9.18 Å². The molecule has 0 spiro atoms. The van der Waals surface area contributed by atoms with Crippen molar-refractivity contribution in [3.63, 3.8) is 0 Å². The maximum absolute atomic E-state index is 11.8. The third kappa shape index (κ3) is 8.40. The van der Waals surface area contributed by atoms with Gasteiger partial charge in [0.15, 0.2) is 0 Å². The number of unbranched alkanes of at least 4 members (excludes halogenated alkanes) is 4. The first kappa shape index (κ1) is 14.4. The molecule has 0 aliphatic heterocycles. The molecule has 0 saturated heterocycles. The Hall–Kier alpha value is -0.600. The van der Waals surface area contributed by atoms with Gasteiger partial charge in [0.1, 0.15) is 0 Å². The van der Waals surface area contributed by atoms with Crippen LogP contribution in [0.4, 0.5) is 4.39 Å². The summed E-state index contributed by atoms with van der Waals surface area (Å²) in [4.78, 5) is 10.8. The molecule has 1 unspecified atom stereocenters. The quantitative estimate of drug-likeness (QED) is 0.566. The lowest BCUT2D eigenvalue weighted by atomic mass is 9.96. The highest BCUT2D eigenvalue weighted by Crippen LogP contribution is 2.16. The Labute approximate surface area is 91.9 Å². The van der Waals surface area contributed by atoms with E-state index in [9.17, 15) is 9.18 Å². The van der Waals surface area contributed by atoms with Crippen LogP contribution >= 0.6 is 0 Å². The molecule has 1 atom stereocenters. The van der Waals surface area contributed by atoms with Crippen molar-refractivity contribution < 1.29 is 14.3 Å². The van der Waals surface area contributed by atoms with Gasteiger partial charge in [-0.15, -0.1) is 0 Å². The molecule has 0 aliphatic rings. The number of aliphatic carboxylic acids is 1. The number of carboxylic acid groups (broad SMARTS) is 1. The molecule has 0 aromatic rings.